The van der Waals surface area contributed by atoms with E-state index in [1.807, 2.05) is 12.1 Å². The van der Waals surface area contributed by atoms with Crippen LogP contribution in [0.5, 0.6) is 11.5 Å². The number of nitrogens with zero attached hydrogens (tertiary/aromatic N) is 2. The van der Waals surface area contributed by atoms with Gasteiger partial charge in [0, 0.05) is 6.07 Å². The molecular weight excluding hydrogens is 290 g/mol. The van der Waals surface area contributed by atoms with Gasteiger partial charge in [0.15, 0.2) is 14.9 Å². The number of H-pyrrole nitrogens is 1. The lowest BCUT2D eigenvalue weighted by atomic mass is 10.3. The Morgan fingerprint density at radius 1 is 1.14 bits per heavy atom. The van der Waals surface area contributed by atoms with Crippen molar-refractivity contribution < 1.29 is 13.2 Å². The highest BCUT2D eigenvalue weighted by Gasteiger charge is 2.13. The number of sulfone groups is 1. The zero-order valence-electron chi connectivity index (χ0n) is 11.3. The first kappa shape index (κ1) is 13.6. The minimum Gasteiger partial charge on any atom is -0.456 e. The zero-order chi connectivity index (χ0) is 14.9. The molecule has 0 aliphatic rings. The first-order valence-corrected chi connectivity index (χ1v) is 8.03. The molecule has 0 unspecified atom stereocenters. The molecule has 1 aromatic carbocycles. The van der Waals surface area contributed by atoms with Gasteiger partial charge in [0.2, 0.25) is 0 Å². The maximum absolute atomic E-state index is 11.7. The smallest absolute Gasteiger partial charge is 0.195 e. The highest BCUT2D eigenvalue weighted by Crippen LogP contribution is 2.24. The van der Waals surface area contributed by atoms with Gasteiger partial charge in [-0.2, -0.15) is 0 Å². The average Bonchev–Trinajstić information content (AvgIpc) is 2.95. The second-order valence-electron chi connectivity index (χ2n) is 4.42. The topological polar surface area (TPSA) is 84.9 Å². The summed E-state index contributed by atoms with van der Waals surface area (Å²) < 4.78 is 29.0. The summed E-state index contributed by atoms with van der Waals surface area (Å²) in [5.41, 5.74) is 1.72. The minimum atomic E-state index is -3.29. The monoisotopic (exact) mass is 303 g/mol. The van der Waals surface area contributed by atoms with Crippen molar-refractivity contribution in [1.82, 2.24) is 15.0 Å². The number of benzene rings is 1. The van der Waals surface area contributed by atoms with Gasteiger partial charge < -0.3 is 9.72 Å². The number of aromatic amines is 1. The molecule has 0 spiro atoms. The van der Waals surface area contributed by atoms with E-state index in [0.29, 0.717) is 11.5 Å². The van der Waals surface area contributed by atoms with Crippen LogP contribution in [-0.2, 0) is 9.84 Å². The molecule has 0 amide bonds. The molecule has 7 heteroatoms. The van der Waals surface area contributed by atoms with E-state index in [-0.39, 0.29) is 10.8 Å². The van der Waals surface area contributed by atoms with E-state index in [0.717, 1.165) is 11.0 Å². The number of nitrogens with one attached hydrogen (secondary N) is 1. The van der Waals surface area contributed by atoms with Crippen LogP contribution in [0, 0.1) is 0 Å². The van der Waals surface area contributed by atoms with Crippen molar-refractivity contribution in [2.45, 2.75) is 11.9 Å². The van der Waals surface area contributed by atoms with E-state index < -0.39 is 9.84 Å². The highest BCUT2D eigenvalue weighted by atomic mass is 32.2. The summed E-state index contributed by atoms with van der Waals surface area (Å²) in [6, 6.07) is 8.49. The van der Waals surface area contributed by atoms with E-state index in [1.54, 1.807) is 25.4 Å². The fourth-order valence-electron chi connectivity index (χ4n) is 1.87. The zero-order valence-corrected chi connectivity index (χ0v) is 12.1. The summed E-state index contributed by atoms with van der Waals surface area (Å²) in [7, 11) is -3.29. The standard InChI is InChI=1S/C14H13N3O3S/c1-2-21(18,19)14-6-4-11(8-15-14)20-10-3-5-12-13(7-10)17-9-16-12/h3-9H,2H2,1H3,(H,16,17). The number of hydrogen-bond acceptors (Lipinski definition) is 5. The number of hydrogen-bond donors (Lipinski definition) is 1. The largest absolute Gasteiger partial charge is 0.456 e. The summed E-state index contributed by atoms with van der Waals surface area (Å²) in [6.07, 6.45) is 3.01. The molecule has 6 nitrogen and oxygen atoms in total. The number of pyridine rings is 1. The fraction of sp³-hybridized carbons (Fsp3) is 0.143. The van der Waals surface area contributed by atoms with Gasteiger partial charge in [-0.25, -0.2) is 18.4 Å². The molecule has 21 heavy (non-hydrogen) atoms. The summed E-state index contributed by atoms with van der Waals surface area (Å²) >= 11 is 0. The van der Waals surface area contributed by atoms with E-state index >= 15 is 0 Å². The lowest BCUT2D eigenvalue weighted by Gasteiger charge is -2.06. The van der Waals surface area contributed by atoms with Crippen LogP contribution in [0.25, 0.3) is 11.0 Å². The van der Waals surface area contributed by atoms with Crippen LogP contribution in [0.1, 0.15) is 6.92 Å². The van der Waals surface area contributed by atoms with Crippen LogP contribution in [0.4, 0.5) is 0 Å². The average molecular weight is 303 g/mol. The lowest BCUT2D eigenvalue weighted by molar-refractivity contribution is 0.479. The molecule has 0 aliphatic carbocycles. The van der Waals surface area contributed by atoms with Crippen LogP contribution in [0.15, 0.2) is 47.9 Å². The first-order valence-electron chi connectivity index (χ1n) is 6.38. The van der Waals surface area contributed by atoms with Crippen molar-refractivity contribution >= 4 is 20.9 Å². The van der Waals surface area contributed by atoms with Gasteiger partial charge in [-0.15, -0.1) is 0 Å². The van der Waals surface area contributed by atoms with Gasteiger partial charge in [0.1, 0.15) is 11.5 Å². The van der Waals surface area contributed by atoms with Gasteiger partial charge in [-0.05, 0) is 24.3 Å². The Morgan fingerprint density at radius 2 is 1.95 bits per heavy atom. The van der Waals surface area contributed by atoms with Crippen LogP contribution < -0.4 is 4.74 Å². The van der Waals surface area contributed by atoms with Crippen molar-refractivity contribution in [2.75, 3.05) is 5.75 Å². The SMILES string of the molecule is CCS(=O)(=O)c1ccc(Oc2ccc3nc[nH]c3c2)cn1. The normalized spacial score (nSPS) is 11.7. The second-order valence-corrected chi connectivity index (χ2v) is 6.64. The Labute approximate surface area is 121 Å². The second kappa shape index (κ2) is 5.17. The number of imidazole rings is 1. The predicted octanol–water partition coefficient (Wildman–Crippen LogP) is 2.54. The van der Waals surface area contributed by atoms with Gasteiger partial charge in [0.25, 0.3) is 0 Å². The summed E-state index contributed by atoms with van der Waals surface area (Å²) in [5, 5.41) is 0.0568. The van der Waals surface area contributed by atoms with E-state index in [4.69, 9.17) is 4.74 Å². The molecule has 0 bridgehead atoms. The molecule has 108 valence electrons. The Hall–Kier alpha value is -2.41. The number of fused-ring (bicyclic) bond motifs is 1. The highest BCUT2D eigenvalue weighted by molar-refractivity contribution is 7.91. The Bertz CT molecular complexity index is 870. The predicted molar refractivity (Wildman–Crippen MR) is 78.1 cm³/mol. The van der Waals surface area contributed by atoms with Crippen molar-refractivity contribution in [2.24, 2.45) is 0 Å². The summed E-state index contributed by atoms with van der Waals surface area (Å²) in [6.45, 7) is 1.58. The van der Waals surface area contributed by atoms with Gasteiger partial charge >= 0.3 is 0 Å². The van der Waals surface area contributed by atoms with Crippen molar-refractivity contribution in [3.63, 3.8) is 0 Å². The number of aromatic nitrogens is 3. The molecule has 3 rings (SSSR count). The molecule has 2 aromatic heterocycles. The maximum atomic E-state index is 11.7. The minimum absolute atomic E-state index is 0.0245. The third-order valence-corrected chi connectivity index (χ3v) is 4.67. The summed E-state index contributed by atoms with van der Waals surface area (Å²) in [4.78, 5) is 11.1. The van der Waals surface area contributed by atoms with Crippen molar-refractivity contribution in [3.05, 3.63) is 42.9 Å². The van der Waals surface area contributed by atoms with Crippen molar-refractivity contribution in [3.8, 4) is 11.5 Å². The fourth-order valence-corrected chi connectivity index (χ4v) is 2.66. The molecule has 0 aliphatic heterocycles. The summed E-state index contributed by atoms with van der Waals surface area (Å²) in [5.74, 6) is 1.13. The van der Waals surface area contributed by atoms with Gasteiger partial charge in [-0.1, -0.05) is 6.92 Å². The molecule has 3 aromatic rings. The van der Waals surface area contributed by atoms with Crippen LogP contribution in [0.3, 0.4) is 0 Å². The van der Waals surface area contributed by atoms with Crippen LogP contribution in [0.2, 0.25) is 0 Å². The molecule has 0 saturated carbocycles. The van der Waals surface area contributed by atoms with E-state index in [2.05, 4.69) is 15.0 Å². The van der Waals surface area contributed by atoms with E-state index in [9.17, 15) is 8.42 Å². The number of rotatable bonds is 4. The van der Waals surface area contributed by atoms with Crippen molar-refractivity contribution in [1.29, 1.82) is 0 Å². The molecular formula is C14H13N3O3S. The van der Waals surface area contributed by atoms with Gasteiger partial charge in [-0.3, -0.25) is 0 Å². The quantitative estimate of drug-likeness (QED) is 0.800. The Balaban J connectivity index is 1.84. The molecule has 0 atom stereocenters. The molecule has 0 fully saturated rings. The van der Waals surface area contributed by atoms with Crippen LogP contribution >= 0.6 is 0 Å². The molecule has 0 radical (unpaired) electrons. The number of ether oxygens (including phenoxy) is 1. The molecule has 2 heterocycles. The molecule has 0 saturated heterocycles. The lowest BCUT2D eigenvalue weighted by Crippen LogP contribution is -2.05. The third kappa shape index (κ3) is 2.73. The molecule has 1 N–H and O–H groups in total. The van der Waals surface area contributed by atoms with Crippen LogP contribution in [-0.4, -0.2) is 29.1 Å². The maximum Gasteiger partial charge on any atom is 0.195 e. The third-order valence-electron chi connectivity index (χ3n) is 3.04. The van der Waals surface area contributed by atoms with Gasteiger partial charge in [0.05, 0.1) is 29.3 Å². The van der Waals surface area contributed by atoms with E-state index in [1.165, 1.54) is 12.3 Å². The Kier molecular flexibility index (Phi) is 3.34. The first-order chi connectivity index (χ1) is 10.1. The Morgan fingerprint density at radius 3 is 2.67 bits per heavy atom.